The van der Waals surface area contributed by atoms with Crippen molar-refractivity contribution in [1.29, 1.82) is 0 Å². The molecule has 0 saturated heterocycles. The third-order valence-electron chi connectivity index (χ3n) is 5.71. The minimum Gasteiger partial charge on any atom is -0.504 e. The molecule has 4 aromatic rings. The van der Waals surface area contributed by atoms with E-state index in [1.807, 2.05) is 48.5 Å². The lowest BCUT2D eigenvalue weighted by molar-refractivity contribution is 0.373. The molecule has 0 spiro atoms. The van der Waals surface area contributed by atoms with Gasteiger partial charge in [0.05, 0.1) is 14.2 Å². The molecule has 0 heterocycles. The summed E-state index contributed by atoms with van der Waals surface area (Å²) in [5, 5.41) is 21.7. The molecule has 0 aromatic heterocycles. The maximum Gasteiger partial charge on any atom is 0.161 e. The van der Waals surface area contributed by atoms with Gasteiger partial charge in [-0.1, -0.05) is 60.7 Å². The first-order chi connectivity index (χ1) is 15.9. The molecule has 2 N–H and O–H groups in total. The molecule has 0 radical (unpaired) electrons. The Morgan fingerprint density at radius 2 is 1.27 bits per heavy atom. The lowest BCUT2D eigenvalue weighted by Crippen LogP contribution is -2.18. The lowest BCUT2D eigenvalue weighted by atomic mass is 9.94. The van der Waals surface area contributed by atoms with Crippen molar-refractivity contribution in [1.82, 2.24) is 0 Å². The van der Waals surface area contributed by atoms with E-state index in [-0.39, 0.29) is 11.5 Å². The van der Waals surface area contributed by atoms with E-state index in [4.69, 9.17) is 9.47 Å². The van der Waals surface area contributed by atoms with Gasteiger partial charge in [0.1, 0.15) is 7.14 Å². The van der Waals surface area contributed by atoms with E-state index in [2.05, 4.69) is 0 Å². The zero-order chi connectivity index (χ0) is 23.6. The zero-order valence-corrected chi connectivity index (χ0v) is 19.5. The molecule has 4 aromatic carbocycles. The van der Waals surface area contributed by atoms with E-state index < -0.39 is 7.14 Å². The number of phenols is 2. The summed E-state index contributed by atoms with van der Waals surface area (Å²) in [7, 11) is -0.00751. The summed E-state index contributed by atoms with van der Waals surface area (Å²) in [5.41, 5.74) is 3.12. The van der Waals surface area contributed by atoms with Crippen LogP contribution in [0.25, 0.3) is 22.3 Å². The van der Waals surface area contributed by atoms with E-state index >= 15 is 0 Å². The molecule has 5 nitrogen and oxygen atoms in total. The smallest absolute Gasteiger partial charge is 0.161 e. The van der Waals surface area contributed by atoms with E-state index in [1.54, 1.807) is 43.1 Å². The van der Waals surface area contributed by atoms with Gasteiger partial charge < -0.3 is 24.3 Å². The molecule has 0 aliphatic carbocycles. The molecule has 0 bridgehead atoms. The van der Waals surface area contributed by atoms with Crippen LogP contribution in [0.2, 0.25) is 0 Å². The van der Waals surface area contributed by atoms with Gasteiger partial charge in [-0.3, -0.25) is 0 Å². The summed E-state index contributed by atoms with van der Waals surface area (Å²) in [6.45, 7) is 1.76. The topological polar surface area (TPSA) is 76.0 Å². The van der Waals surface area contributed by atoms with Gasteiger partial charge in [0.25, 0.3) is 0 Å². The summed E-state index contributed by atoms with van der Waals surface area (Å²) >= 11 is 0. The Balaban J connectivity index is 2.05. The molecule has 4 rings (SSSR count). The quantitative estimate of drug-likeness (QED) is 0.377. The Morgan fingerprint density at radius 1 is 0.697 bits per heavy atom. The minimum atomic E-state index is -3.00. The van der Waals surface area contributed by atoms with Crippen molar-refractivity contribution in [3.05, 3.63) is 84.9 Å². The lowest BCUT2D eigenvalue weighted by Gasteiger charge is -2.22. The average Bonchev–Trinajstić information content (AvgIpc) is 2.85. The van der Waals surface area contributed by atoms with Crippen molar-refractivity contribution in [2.24, 2.45) is 0 Å². The van der Waals surface area contributed by atoms with E-state index in [0.29, 0.717) is 16.8 Å². The van der Waals surface area contributed by atoms with Crippen molar-refractivity contribution in [3.63, 3.8) is 0 Å². The second kappa shape index (κ2) is 9.05. The Kier molecular flexibility index (Phi) is 6.17. The Hall–Kier alpha value is -3.69. The summed E-state index contributed by atoms with van der Waals surface area (Å²) in [4.78, 5) is 0. The molecule has 33 heavy (non-hydrogen) atoms. The van der Waals surface area contributed by atoms with Crippen LogP contribution in [-0.4, -0.2) is 31.1 Å². The predicted octanol–water partition coefficient (Wildman–Crippen LogP) is 5.39. The highest BCUT2D eigenvalue weighted by atomic mass is 31.2. The molecule has 1 atom stereocenters. The molecule has 0 aliphatic heterocycles. The van der Waals surface area contributed by atoms with Crippen molar-refractivity contribution in [3.8, 4) is 45.3 Å². The van der Waals surface area contributed by atoms with Gasteiger partial charge in [0.2, 0.25) is 0 Å². The zero-order valence-electron chi connectivity index (χ0n) is 18.6. The van der Waals surface area contributed by atoms with Crippen LogP contribution in [0.3, 0.4) is 0 Å². The van der Waals surface area contributed by atoms with Crippen molar-refractivity contribution in [2.75, 3.05) is 20.9 Å². The van der Waals surface area contributed by atoms with Crippen LogP contribution < -0.4 is 20.1 Å². The number of benzene rings is 4. The first-order valence-electron chi connectivity index (χ1n) is 10.4. The fourth-order valence-corrected chi connectivity index (χ4v) is 6.04. The summed E-state index contributed by atoms with van der Waals surface area (Å²) in [6.07, 6.45) is 0. The SMILES string of the molecule is COc1cc(-c2cccc(P(C)(=O)c3ccccc3)c2-c2ccc(O)c(OC)c2)ccc1O. The highest BCUT2D eigenvalue weighted by Crippen LogP contribution is 2.46. The van der Waals surface area contributed by atoms with Crippen LogP contribution in [0.15, 0.2) is 84.9 Å². The van der Waals surface area contributed by atoms with E-state index in [1.165, 1.54) is 14.2 Å². The highest BCUT2D eigenvalue weighted by Gasteiger charge is 2.27. The summed E-state index contributed by atoms with van der Waals surface area (Å²) in [5.74, 6) is 0.724. The molecular formula is C27H25O5P. The second-order valence-corrected chi connectivity index (χ2v) is 10.6. The van der Waals surface area contributed by atoms with Crippen LogP contribution >= 0.6 is 7.14 Å². The van der Waals surface area contributed by atoms with Gasteiger partial charge in [-0.05, 0) is 47.6 Å². The van der Waals surface area contributed by atoms with Crippen LogP contribution in [0, 0.1) is 0 Å². The monoisotopic (exact) mass is 460 g/mol. The average molecular weight is 460 g/mol. The maximum atomic E-state index is 14.2. The van der Waals surface area contributed by atoms with Gasteiger partial charge >= 0.3 is 0 Å². The number of hydrogen-bond donors (Lipinski definition) is 2. The number of aromatic hydroxyl groups is 2. The van der Waals surface area contributed by atoms with Crippen LogP contribution in [0.5, 0.6) is 23.0 Å². The van der Waals surface area contributed by atoms with Crippen LogP contribution in [0.1, 0.15) is 0 Å². The highest BCUT2D eigenvalue weighted by molar-refractivity contribution is 7.78. The molecule has 0 saturated carbocycles. The van der Waals surface area contributed by atoms with Crippen molar-refractivity contribution in [2.45, 2.75) is 0 Å². The van der Waals surface area contributed by atoms with Gasteiger partial charge in [0, 0.05) is 16.2 Å². The number of hydrogen-bond acceptors (Lipinski definition) is 5. The Bertz CT molecular complexity index is 1350. The summed E-state index contributed by atoms with van der Waals surface area (Å²) in [6, 6.07) is 25.3. The molecule has 0 amide bonds. The molecule has 168 valence electrons. The standard InChI is InChI=1S/C27H25O5P/c1-31-24-16-18(12-14-22(24)28)21-10-7-11-26(33(3,30)20-8-5-4-6-9-20)27(21)19-13-15-23(29)25(17-19)32-2/h4-17,28-29H,1-3H3. The predicted molar refractivity (Wildman–Crippen MR) is 133 cm³/mol. The second-order valence-electron chi connectivity index (χ2n) is 7.73. The minimum absolute atomic E-state index is 0.0225. The van der Waals surface area contributed by atoms with Gasteiger partial charge in [-0.25, -0.2) is 0 Å². The number of phenolic OH excluding ortho intramolecular Hbond substituents is 2. The molecule has 0 fully saturated rings. The van der Waals surface area contributed by atoms with Gasteiger partial charge in [-0.2, -0.15) is 0 Å². The maximum absolute atomic E-state index is 14.2. The molecular weight excluding hydrogens is 435 g/mol. The normalized spacial score (nSPS) is 12.7. The number of methoxy groups -OCH3 is 2. The number of rotatable bonds is 6. The third-order valence-corrected chi connectivity index (χ3v) is 8.29. The van der Waals surface area contributed by atoms with Crippen molar-refractivity contribution < 1.29 is 24.3 Å². The van der Waals surface area contributed by atoms with E-state index in [9.17, 15) is 14.8 Å². The fourth-order valence-electron chi connectivity index (χ4n) is 3.97. The fraction of sp³-hybridized carbons (Fsp3) is 0.111. The third kappa shape index (κ3) is 4.20. The molecule has 1 unspecified atom stereocenters. The first-order valence-corrected chi connectivity index (χ1v) is 12.5. The molecule has 6 heteroatoms. The van der Waals surface area contributed by atoms with Crippen molar-refractivity contribution >= 4 is 17.8 Å². The Morgan fingerprint density at radius 3 is 1.88 bits per heavy atom. The first kappa shape index (κ1) is 22.5. The van der Waals surface area contributed by atoms with E-state index in [0.717, 1.165) is 27.6 Å². The molecule has 0 aliphatic rings. The van der Waals surface area contributed by atoms with Crippen LogP contribution in [0.4, 0.5) is 0 Å². The number of ether oxygens (including phenoxy) is 2. The Labute approximate surface area is 193 Å². The van der Waals surface area contributed by atoms with Crippen LogP contribution in [-0.2, 0) is 4.57 Å². The largest absolute Gasteiger partial charge is 0.504 e. The summed E-state index contributed by atoms with van der Waals surface area (Å²) < 4.78 is 24.9. The van der Waals surface area contributed by atoms with Gasteiger partial charge in [0.15, 0.2) is 23.0 Å². The van der Waals surface area contributed by atoms with Gasteiger partial charge in [-0.15, -0.1) is 0 Å².